The highest BCUT2D eigenvalue weighted by molar-refractivity contribution is 5.97. The minimum atomic E-state index is -0.658. The number of ether oxygens (including phenoxy) is 2. The summed E-state index contributed by atoms with van der Waals surface area (Å²) in [4.78, 5) is 35.5. The third-order valence-electron chi connectivity index (χ3n) is 4.00. The monoisotopic (exact) mass is 348 g/mol. The summed E-state index contributed by atoms with van der Waals surface area (Å²) in [6, 6.07) is 6.32. The van der Waals surface area contributed by atoms with Gasteiger partial charge in [-0.1, -0.05) is 31.4 Å². The van der Waals surface area contributed by atoms with Gasteiger partial charge in [0.1, 0.15) is 0 Å². The van der Waals surface area contributed by atoms with Crippen LogP contribution in [0.5, 0.6) is 0 Å². The van der Waals surface area contributed by atoms with Gasteiger partial charge in [0, 0.05) is 13.2 Å². The van der Waals surface area contributed by atoms with Crippen molar-refractivity contribution in [3.63, 3.8) is 0 Å². The zero-order valence-electron chi connectivity index (χ0n) is 14.4. The summed E-state index contributed by atoms with van der Waals surface area (Å²) in [5.74, 6) is -1.28. The summed E-state index contributed by atoms with van der Waals surface area (Å²) in [5, 5.41) is 4.94. The van der Waals surface area contributed by atoms with Crippen molar-refractivity contribution in [2.45, 2.75) is 44.8 Å². The van der Waals surface area contributed by atoms with Crippen LogP contribution in [0.1, 0.15) is 48.0 Å². The lowest BCUT2D eigenvalue weighted by molar-refractivity contribution is -0.123. The second-order valence-electron chi connectivity index (χ2n) is 6.07. The number of carbonyl (C=O) groups is 3. The lowest BCUT2D eigenvalue weighted by Gasteiger charge is -2.22. The van der Waals surface area contributed by atoms with Crippen LogP contribution < -0.4 is 10.6 Å². The zero-order valence-corrected chi connectivity index (χ0v) is 14.4. The van der Waals surface area contributed by atoms with Crippen molar-refractivity contribution < 1.29 is 23.9 Å². The number of esters is 1. The molecule has 7 nitrogen and oxygen atoms in total. The van der Waals surface area contributed by atoms with E-state index in [1.54, 1.807) is 25.3 Å². The fourth-order valence-electron chi connectivity index (χ4n) is 2.80. The molecule has 2 rings (SSSR count). The standard InChI is InChI=1S/C18H24N2O5/c1-24-11-13-6-5-7-14(10-13)17(22)25-12-16(21)20-18(23)19-15-8-3-2-4-9-15/h5-7,10,15H,2-4,8-9,11-12H2,1H3,(H2,19,20,21,23). The number of hydrogen-bond acceptors (Lipinski definition) is 5. The molecule has 1 saturated carbocycles. The van der Waals surface area contributed by atoms with E-state index in [0.29, 0.717) is 12.2 Å². The van der Waals surface area contributed by atoms with Gasteiger partial charge in [0.15, 0.2) is 6.61 Å². The SMILES string of the molecule is COCc1cccc(C(=O)OCC(=O)NC(=O)NC2CCCCC2)c1. The van der Waals surface area contributed by atoms with Gasteiger partial charge >= 0.3 is 12.0 Å². The predicted molar refractivity (Wildman–Crippen MR) is 91.0 cm³/mol. The molecule has 0 aromatic heterocycles. The van der Waals surface area contributed by atoms with Crippen molar-refractivity contribution in [1.82, 2.24) is 10.6 Å². The Labute approximate surface area is 147 Å². The highest BCUT2D eigenvalue weighted by Crippen LogP contribution is 2.17. The molecule has 7 heteroatoms. The Balaban J connectivity index is 1.74. The van der Waals surface area contributed by atoms with Gasteiger partial charge in [-0.3, -0.25) is 10.1 Å². The Morgan fingerprint density at radius 2 is 1.92 bits per heavy atom. The first kappa shape index (κ1) is 18.9. The minimum absolute atomic E-state index is 0.104. The molecule has 25 heavy (non-hydrogen) atoms. The Kier molecular flexibility index (Phi) is 7.40. The van der Waals surface area contributed by atoms with Crippen molar-refractivity contribution in [1.29, 1.82) is 0 Å². The van der Waals surface area contributed by atoms with Crippen molar-refractivity contribution in [2.24, 2.45) is 0 Å². The minimum Gasteiger partial charge on any atom is -0.452 e. The summed E-state index contributed by atoms with van der Waals surface area (Å²) in [7, 11) is 1.56. The van der Waals surface area contributed by atoms with Gasteiger partial charge in [0.25, 0.3) is 5.91 Å². The highest BCUT2D eigenvalue weighted by Gasteiger charge is 2.17. The quantitative estimate of drug-likeness (QED) is 0.768. The van der Waals surface area contributed by atoms with E-state index in [4.69, 9.17) is 9.47 Å². The van der Waals surface area contributed by atoms with Crippen LogP contribution in [0, 0.1) is 0 Å². The van der Waals surface area contributed by atoms with Crippen molar-refractivity contribution in [2.75, 3.05) is 13.7 Å². The summed E-state index contributed by atoms with van der Waals surface area (Å²) in [6.45, 7) is -0.131. The van der Waals surface area contributed by atoms with Crippen LogP contribution in [-0.2, 0) is 20.9 Å². The Morgan fingerprint density at radius 1 is 1.16 bits per heavy atom. The second-order valence-corrected chi connectivity index (χ2v) is 6.07. The number of rotatable bonds is 6. The number of imide groups is 1. The van der Waals surface area contributed by atoms with E-state index in [1.807, 2.05) is 6.07 Å². The van der Waals surface area contributed by atoms with Gasteiger partial charge < -0.3 is 14.8 Å². The smallest absolute Gasteiger partial charge is 0.338 e. The maximum atomic E-state index is 12.0. The first-order valence-electron chi connectivity index (χ1n) is 8.44. The number of methoxy groups -OCH3 is 1. The number of carbonyl (C=O) groups excluding carboxylic acids is 3. The first-order chi connectivity index (χ1) is 12.1. The van der Waals surface area contributed by atoms with E-state index in [-0.39, 0.29) is 6.04 Å². The van der Waals surface area contributed by atoms with Crippen LogP contribution in [0.15, 0.2) is 24.3 Å². The Bertz CT molecular complexity index is 611. The topological polar surface area (TPSA) is 93.7 Å². The molecule has 0 bridgehead atoms. The fraction of sp³-hybridized carbons (Fsp3) is 0.500. The summed E-state index contributed by atoms with van der Waals surface area (Å²) in [5.41, 5.74) is 1.15. The molecule has 1 aromatic carbocycles. The van der Waals surface area contributed by atoms with Crippen LogP contribution in [0.25, 0.3) is 0 Å². The number of amides is 3. The van der Waals surface area contributed by atoms with Gasteiger partial charge in [-0.2, -0.15) is 0 Å². The maximum absolute atomic E-state index is 12.0. The van der Waals surface area contributed by atoms with Gasteiger partial charge in [-0.15, -0.1) is 0 Å². The number of benzene rings is 1. The molecule has 136 valence electrons. The van der Waals surface area contributed by atoms with Crippen LogP contribution in [0.3, 0.4) is 0 Å². The van der Waals surface area contributed by atoms with E-state index < -0.39 is 24.5 Å². The van der Waals surface area contributed by atoms with E-state index in [1.165, 1.54) is 6.42 Å². The van der Waals surface area contributed by atoms with E-state index in [2.05, 4.69) is 10.6 Å². The zero-order chi connectivity index (χ0) is 18.1. The molecule has 1 aliphatic rings. The first-order valence-corrected chi connectivity index (χ1v) is 8.44. The molecular formula is C18H24N2O5. The molecule has 0 atom stereocenters. The maximum Gasteiger partial charge on any atom is 0.338 e. The van der Waals surface area contributed by atoms with E-state index in [9.17, 15) is 14.4 Å². The number of nitrogens with one attached hydrogen (secondary N) is 2. The largest absolute Gasteiger partial charge is 0.452 e. The van der Waals surface area contributed by atoms with Crippen LogP contribution >= 0.6 is 0 Å². The molecule has 0 unspecified atom stereocenters. The number of urea groups is 1. The van der Waals surface area contributed by atoms with Crippen LogP contribution in [0.4, 0.5) is 4.79 Å². The molecule has 0 aliphatic heterocycles. The fourth-order valence-corrected chi connectivity index (χ4v) is 2.80. The van der Waals surface area contributed by atoms with Gasteiger partial charge in [0.05, 0.1) is 12.2 Å². The Hall–Kier alpha value is -2.41. The molecule has 1 fully saturated rings. The van der Waals surface area contributed by atoms with E-state index >= 15 is 0 Å². The lowest BCUT2D eigenvalue weighted by atomic mass is 9.96. The van der Waals surface area contributed by atoms with E-state index in [0.717, 1.165) is 31.2 Å². The molecule has 1 aliphatic carbocycles. The summed E-state index contributed by atoms with van der Waals surface area (Å²) in [6.07, 6.45) is 5.19. The second kappa shape index (κ2) is 9.78. The third kappa shape index (κ3) is 6.54. The average Bonchev–Trinajstić information content (AvgIpc) is 2.61. The molecule has 1 aromatic rings. The van der Waals surface area contributed by atoms with Crippen molar-refractivity contribution >= 4 is 17.9 Å². The number of hydrogen-bond donors (Lipinski definition) is 2. The van der Waals surface area contributed by atoms with Crippen molar-refractivity contribution in [3.05, 3.63) is 35.4 Å². The molecule has 0 saturated heterocycles. The van der Waals surface area contributed by atoms with Gasteiger partial charge in [0.2, 0.25) is 0 Å². The molecule has 2 N–H and O–H groups in total. The van der Waals surface area contributed by atoms with Crippen LogP contribution in [0.2, 0.25) is 0 Å². The molecule has 3 amide bonds. The molecule has 0 heterocycles. The summed E-state index contributed by atoms with van der Waals surface area (Å²) >= 11 is 0. The molecular weight excluding hydrogens is 324 g/mol. The lowest BCUT2D eigenvalue weighted by Crippen LogP contribution is -2.46. The normalized spacial score (nSPS) is 14.6. The summed E-state index contributed by atoms with van der Waals surface area (Å²) < 4.78 is 9.95. The highest BCUT2D eigenvalue weighted by atomic mass is 16.5. The average molecular weight is 348 g/mol. The Morgan fingerprint density at radius 3 is 2.64 bits per heavy atom. The van der Waals surface area contributed by atoms with Gasteiger partial charge in [-0.05, 0) is 30.5 Å². The molecule has 0 radical (unpaired) electrons. The third-order valence-corrected chi connectivity index (χ3v) is 4.00. The predicted octanol–water partition coefficient (Wildman–Crippen LogP) is 2.15. The van der Waals surface area contributed by atoms with Crippen LogP contribution in [-0.4, -0.2) is 37.7 Å². The molecule has 0 spiro atoms. The van der Waals surface area contributed by atoms with Gasteiger partial charge in [-0.25, -0.2) is 9.59 Å². The van der Waals surface area contributed by atoms with Crippen molar-refractivity contribution in [3.8, 4) is 0 Å².